The summed E-state index contributed by atoms with van der Waals surface area (Å²) in [5.41, 5.74) is 1.26. The molecule has 6 nitrogen and oxygen atoms in total. The first-order chi connectivity index (χ1) is 16.5. The van der Waals surface area contributed by atoms with Crippen LogP contribution in [0.5, 0.6) is 5.75 Å². The SMILES string of the molecule is COc1ccc(CNC(=O)[C@@H](c2ccco2)N(C(=O)Cc2cccs2)c2ccc(F)cc2)cc1. The maximum atomic E-state index is 13.6. The smallest absolute Gasteiger partial charge is 0.251 e. The average molecular weight is 479 g/mol. The second kappa shape index (κ2) is 10.8. The molecule has 1 N–H and O–H groups in total. The minimum atomic E-state index is -1.08. The van der Waals surface area contributed by atoms with E-state index in [1.54, 1.807) is 31.4 Å². The molecular weight excluding hydrogens is 455 g/mol. The van der Waals surface area contributed by atoms with Crippen molar-refractivity contribution in [2.45, 2.75) is 19.0 Å². The molecule has 0 saturated carbocycles. The first kappa shape index (κ1) is 23.3. The molecule has 0 aliphatic carbocycles. The molecular formula is C26H23FN2O4S. The number of rotatable bonds is 9. The topological polar surface area (TPSA) is 71.8 Å². The monoisotopic (exact) mass is 478 g/mol. The van der Waals surface area contributed by atoms with Gasteiger partial charge in [0, 0.05) is 17.1 Å². The van der Waals surface area contributed by atoms with Crippen molar-refractivity contribution in [1.29, 1.82) is 0 Å². The molecule has 0 aliphatic heterocycles. The number of benzene rings is 2. The van der Waals surface area contributed by atoms with Gasteiger partial charge in [0.1, 0.15) is 17.3 Å². The number of amides is 2. The van der Waals surface area contributed by atoms with Crippen molar-refractivity contribution >= 4 is 28.8 Å². The van der Waals surface area contributed by atoms with E-state index in [9.17, 15) is 14.0 Å². The highest BCUT2D eigenvalue weighted by Crippen LogP contribution is 2.30. The Kier molecular flexibility index (Phi) is 7.39. The van der Waals surface area contributed by atoms with Gasteiger partial charge in [-0.25, -0.2) is 4.39 Å². The van der Waals surface area contributed by atoms with Gasteiger partial charge in [0.05, 0.1) is 19.8 Å². The predicted molar refractivity (Wildman–Crippen MR) is 128 cm³/mol. The number of furan rings is 1. The highest BCUT2D eigenvalue weighted by Gasteiger charge is 2.34. The summed E-state index contributed by atoms with van der Waals surface area (Å²) < 4.78 is 24.4. The molecule has 0 radical (unpaired) electrons. The molecule has 0 spiro atoms. The zero-order valence-corrected chi connectivity index (χ0v) is 19.3. The predicted octanol–water partition coefficient (Wildman–Crippen LogP) is 5.12. The van der Waals surface area contributed by atoms with E-state index in [0.29, 0.717) is 17.2 Å². The molecule has 2 aromatic carbocycles. The number of ether oxygens (including phenoxy) is 1. The Bertz CT molecular complexity index is 1210. The Morgan fingerprint density at radius 2 is 1.82 bits per heavy atom. The minimum absolute atomic E-state index is 0.0952. The Hall–Kier alpha value is -3.91. The Balaban J connectivity index is 1.64. The number of methoxy groups -OCH3 is 1. The van der Waals surface area contributed by atoms with Gasteiger partial charge in [-0.2, -0.15) is 0 Å². The van der Waals surface area contributed by atoms with Crippen molar-refractivity contribution in [2.75, 3.05) is 12.0 Å². The summed E-state index contributed by atoms with van der Waals surface area (Å²) in [6.07, 6.45) is 1.55. The van der Waals surface area contributed by atoms with Crippen LogP contribution in [0.4, 0.5) is 10.1 Å². The summed E-state index contributed by atoms with van der Waals surface area (Å²) in [7, 11) is 1.59. The maximum Gasteiger partial charge on any atom is 0.251 e. The van der Waals surface area contributed by atoms with Crippen molar-refractivity contribution in [3.63, 3.8) is 0 Å². The summed E-state index contributed by atoms with van der Waals surface area (Å²) in [5, 5.41) is 4.78. The molecule has 0 unspecified atom stereocenters. The lowest BCUT2D eigenvalue weighted by Crippen LogP contribution is -2.44. The summed E-state index contributed by atoms with van der Waals surface area (Å²) in [6.45, 7) is 0.246. The number of nitrogens with zero attached hydrogens (tertiary/aromatic N) is 1. The first-order valence-corrected chi connectivity index (χ1v) is 11.5. The van der Waals surface area contributed by atoms with Crippen LogP contribution in [0.1, 0.15) is 22.2 Å². The van der Waals surface area contributed by atoms with Crippen LogP contribution in [0.15, 0.2) is 88.9 Å². The van der Waals surface area contributed by atoms with Crippen molar-refractivity contribution in [3.8, 4) is 5.75 Å². The van der Waals surface area contributed by atoms with Crippen LogP contribution in [-0.4, -0.2) is 18.9 Å². The molecule has 4 aromatic rings. The van der Waals surface area contributed by atoms with E-state index in [2.05, 4.69) is 5.32 Å². The van der Waals surface area contributed by atoms with Crippen LogP contribution in [0.3, 0.4) is 0 Å². The van der Waals surface area contributed by atoms with Crippen LogP contribution < -0.4 is 15.0 Å². The Morgan fingerprint density at radius 3 is 2.44 bits per heavy atom. The third kappa shape index (κ3) is 5.52. The van der Waals surface area contributed by atoms with Crippen LogP contribution in [0.2, 0.25) is 0 Å². The van der Waals surface area contributed by atoms with Crippen molar-refractivity contribution < 1.29 is 23.1 Å². The van der Waals surface area contributed by atoms with E-state index >= 15 is 0 Å². The van der Waals surface area contributed by atoms with Crippen molar-refractivity contribution in [3.05, 3.63) is 106 Å². The zero-order valence-electron chi connectivity index (χ0n) is 18.4. The minimum Gasteiger partial charge on any atom is -0.497 e. The first-order valence-electron chi connectivity index (χ1n) is 10.6. The van der Waals surface area contributed by atoms with E-state index in [4.69, 9.17) is 9.15 Å². The van der Waals surface area contributed by atoms with Crippen LogP contribution >= 0.6 is 11.3 Å². The molecule has 2 amide bonds. The number of thiophene rings is 1. The Labute approximate surface area is 200 Å². The third-order valence-corrected chi connectivity index (χ3v) is 6.10. The number of carbonyl (C=O) groups excluding carboxylic acids is 2. The van der Waals surface area contributed by atoms with Gasteiger partial charge in [-0.05, 0) is 65.5 Å². The number of anilines is 1. The third-order valence-electron chi connectivity index (χ3n) is 5.22. The number of hydrogen-bond acceptors (Lipinski definition) is 5. The molecule has 0 bridgehead atoms. The van der Waals surface area contributed by atoms with Gasteiger partial charge in [0.2, 0.25) is 5.91 Å². The van der Waals surface area contributed by atoms with E-state index < -0.39 is 17.8 Å². The lowest BCUT2D eigenvalue weighted by molar-refractivity contribution is -0.127. The second-order valence-electron chi connectivity index (χ2n) is 7.48. The average Bonchev–Trinajstić information content (AvgIpc) is 3.56. The maximum absolute atomic E-state index is 13.6. The molecule has 2 aromatic heterocycles. The molecule has 8 heteroatoms. The summed E-state index contributed by atoms with van der Waals surface area (Å²) in [6, 6.07) is 18.7. The van der Waals surface area contributed by atoms with Gasteiger partial charge in [-0.15, -0.1) is 11.3 Å². The zero-order chi connectivity index (χ0) is 23.9. The van der Waals surface area contributed by atoms with E-state index in [-0.39, 0.29) is 18.9 Å². The number of hydrogen-bond donors (Lipinski definition) is 1. The normalized spacial score (nSPS) is 11.6. The fraction of sp³-hybridized carbons (Fsp3) is 0.154. The molecule has 2 heterocycles. The van der Waals surface area contributed by atoms with Gasteiger partial charge in [0.25, 0.3) is 5.91 Å². The van der Waals surface area contributed by atoms with Crippen LogP contribution in [0, 0.1) is 5.82 Å². The van der Waals surface area contributed by atoms with Gasteiger partial charge >= 0.3 is 0 Å². The summed E-state index contributed by atoms with van der Waals surface area (Å²) in [4.78, 5) is 29.2. The summed E-state index contributed by atoms with van der Waals surface area (Å²) >= 11 is 1.45. The fourth-order valence-corrected chi connectivity index (χ4v) is 4.23. The second-order valence-corrected chi connectivity index (χ2v) is 8.51. The quantitative estimate of drug-likeness (QED) is 0.362. The van der Waals surface area contributed by atoms with Crippen molar-refractivity contribution in [1.82, 2.24) is 5.32 Å². The van der Waals surface area contributed by atoms with Crippen molar-refractivity contribution in [2.24, 2.45) is 0 Å². The molecule has 1 atom stereocenters. The fourth-order valence-electron chi connectivity index (χ4n) is 3.54. The lowest BCUT2D eigenvalue weighted by atomic mass is 10.1. The molecule has 34 heavy (non-hydrogen) atoms. The summed E-state index contributed by atoms with van der Waals surface area (Å²) in [5.74, 6) is -0.154. The van der Waals surface area contributed by atoms with Gasteiger partial charge in [0.15, 0.2) is 6.04 Å². The molecule has 4 rings (SSSR count). The highest BCUT2D eigenvalue weighted by atomic mass is 32.1. The van der Waals surface area contributed by atoms with E-state index in [0.717, 1.165) is 10.4 Å². The van der Waals surface area contributed by atoms with Gasteiger partial charge in [-0.1, -0.05) is 18.2 Å². The largest absolute Gasteiger partial charge is 0.497 e. The van der Waals surface area contributed by atoms with E-state index in [1.807, 2.05) is 29.6 Å². The number of nitrogens with one attached hydrogen (secondary N) is 1. The lowest BCUT2D eigenvalue weighted by Gasteiger charge is -2.30. The Morgan fingerprint density at radius 1 is 1.06 bits per heavy atom. The molecule has 0 saturated heterocycles. The molecule has 0 aliphatic rings. The molecule has 174 valence electrons. The highest BCUT2D eigenvalue weighted by molar-refractivity contribution is 7.10. The number of carbonyl (C=O) groups is 2. The van der Waals surface area contributed by atoms with Crippen LogP contribution in [-0.2, 0) is 22.6 Å². The van der Waals surface area contributed by atoms with Crippen LogP contribution in [0.25, 0.3) is 0 Å². The van der Waals surface area contributed by atoms with Gasteiger partial charge < -0.3 is 14.5 Å². The van der Waals surface area contributed by atoms with Gasteiger partial charge in [-0.3, -0.25) is 14.5 Å². The van der Waals surface area contributed by atoms with E-state index in [1.165, 1.54) is 46.8 Å². The molecule has 0 fully saturated rings. The number of halogens is 1. The standard InChI is InChI=1S/C26H23FN2O4S/c1-32-21-12-6-18(7-13-21)17-28-26(31)25(23-5-2-14-33-23)29(20-10-8-19(27)9-11-20)24(30)16-22-4-3-15-34-22/h2-15,25H,16-17H2,1H3,(H,28,31)/t25-/m1/s1.